The number of amides is 1. The van der Waals surface area contributed by atoms with Crippen LogP contribution in [0.5, 0.6) is 0 Å². The Bertz CT molecular complexity index is 478. The van der Waals surface area contributed by atoms with Crippen molar-refractivity contribution >= 4 is 5.91 Å². The molecule has 21 heavy (non-hydrogen) atoms. The fraction of sp³-hybridized carbons (Fsp3) is 0.714. The lowest BCUT2D eigenvalue weighted by atomic mass is 10.2. The van der Waals surface area contributed by atoms with E-state index in [9.17, 15) is 4.79 Å². The molecule has 1 N–H and O–H groups in total. The second-order valence-electron chi connectivity index (χ2n) is 5.40. The molecule has 0 radical (unpaired) electrons. The number of imidazole rings is 1. The van der Waals surface area contributed by atoms with E-state index in [-0.39, 0.29) is 18.1 Å². The summed E-state index contributed by atoms with van der Waals surface area (Å²) in [5, 5.41) is 3.30. The summed E-state index contributed by atoms with van der Waals surface area (Å²) in [4.78, 5) is 18.7. The topological polar surface area (TPSA) is 68.6 Å². The third kappa shape index (κ3) is 3.09. The van der Waals surface area contributed by atoms with Gasteiger partial charge in [-0.2, -0.15) is 0 Å². The van der Waals surface area contributed by atoms with Crippen molar-refractivity contribution in [2.24, 2.45) is 0 Å². The van der Waals surface area contributed by atoms with E-state index in [0.29, 0.717) is 32.9 Å². The number of nitrogens with one attached hydrogen (secondary N) is 1. The number of nitrogens with zero attached hydrogens (tertiary/aromatic N) is 3. The molecule has 116 valence electrons. The van der Waals surface area contributed by atoms with Crippen molar-refractivity contribution in [2.75, 3.05) is 46.0 Å². The van der Waals surface area contributed by atoms with Gasteiger partial charge in [0.05, 0.1) is 38.0 Å². The minimum Gasteiger partial charge on any atom is -0.378 e. The summed E-state index contributed by atoms with van der Waals surface area (Å²) in [5.41, 5.74) is 0.955. The molecule has 0 aliphatic carbocycles. The summed E-state index contributed by atoms with van der Waals surface area (Å²) in [6.07, 6.45) is 3.47. The third-order valence-electron chi connectivity index (χ3n) is 4.05. The van der Waals surface area contributed by atoms with Crippen LogP contribution in [0.4, 0.5) is 0 Å². The summed E-state index contributed by atoms with van der Waals surface area (Å²) in [6.45, 7) is 6.77. The van der Waals surface area contributed by atoms with Crippen LogP contribution in [0.3, 0.4) is 0 Å². The van der Waals surface area contributed by atoms with E-state index in [4.69, 9.17) is 9.47 Å². The van der Waals surface area contributed by atoms with Crippen molar-refractivity contribution in [1.82, 2.24) is 19.8 Å². The highest BCUT2D eigenvalue weighted by Gasteiger charge is 2.27. The Kier molecular flexibility index (Phi) is 4.52. The molecule has 0 saturated carbocycles. The number of ether oxygens (including phenoxy) is 2. The number of carbonyl (C=O) groups excluding carboxylic acids is 1. The minimum absolute atomic E-state index is 0.0406. The van der Waals surface area contributed by atoms with Crippen LogP contribution < -0.4 is 5.32 Å². The molecule has 2 saturated heterocycles. The first-order valence-electron chi connectivity index (χ1n) is 7.48. The maximum absolute atomic E-state index is 12.6. The Balaban J connectivity index is 1.73. The summed E-state index contributed by atoms with van der Waals surface area (Å²) in [5.74, 6) is 0.112. The van der Waals surface area contributed by atoms with E-state index in [1.165, 1.54) is 0 Å². The van der Waals surface area contributed by atoms with Crippen molar-refractivity contribution in [3.8, 4) is 0 Å². The fourth-order valence-corrected chi connectivity index (χ4v) is 2.81. The first-order chi connectivity index (χ1) is 10.3. The Hall–Kier alpha value is -1.44. The molecule has 0 spiro atoms. The minimum atomic E-state index is -0.272. The lowest BCUT2D eigenvalue weighted by molar-refractivity contribution is -0.138. The van der Waals surface area contributed by atoms with Crippen LogP contribution >= 0.6 is 0 Å². The van der Waals surface area contributed by atoms with Crippen molar-refractivity contribution in [3.63, 3.8) is 0 Å². The molecule has 1 aromatic rings. The summed E-state index contributed by atoms with van der Waals surface area (Å²) in [6, 6.07) is -0.272. The Morgan fingerprint density at radius 3 is 2.95 bits per heavy atom. The average Bonchev–Trinajstić information content (AvgIpc) is 3.04. The number of morpholine rings is 2. The van der Waals surface area contributed by atoms with Gasteiger partial charge in [0.25, 0.3) is 0 Å². The monoisotopic (exact) mass is 294 g/mol. The van der Waals surface area contributed by atoms with Gasteiger partial charge >= 0.3 is 0 Å². The first kappa shape index (κ1) is 14.5. The second-order valence-corrected chi connectivity index (χ2v) is 5.40. The molecule has 2 fully saturated rings. The fourth-order valence-electron chi connectivity index (χ4n) is 2.81. The Morgan fingerprint density at radius 1 is 1.43 bits per heavy atom. The van der Waals surface area contributed by atoms with Gasteiger partial charge in [0, 0.05) is 26.2 Å². The van der Waals surface area contributed by atoms with Gasteiger partial charge in [-0.1, -0.05) is 0 Å². The quantitative estimate of drug-likeness (QED) is 0.847. The van der Waals surface area contributed by atoms with Crippen LogP contribution in [-0.2, 0) is 14.3 Å². The van der Waals surface area contributed by atoms with Crippen LogP contribution in [0.25, 0.3) is 0 Å². The van der Waals surface area contributed by atoms with Gasteiger partial charge in [-0.3, -0.25) is 4.79 Å². The average molecular weight is 294 g/mol. The van der Waals surface area contributed by atoms with Gasteiger partial charge in [0.1, 0.15) is 12.1 Å². The standard InChI is InChI=1S/C14H22N4O3/c1-11(14(19)17-3-6-20-7-4-17)18-10-16-8-12(18)13-9-15-2-5-21-13/h8,10-11,13,15H,2-7,9H2,1H3. The SMILES string of the molecule is CC(C(=O)N1CCOCC1)n1cncc1C1CNCCO1. The van der Waals surface area contributed by atoms with Crippen molar-refractivity contribution < 1.29 is 14.3 Å². The molecule has 7 nitrogen and oxygen atoms in total. The molecule has 2 aliphatic heterocycles. The lowest BCUT2D eigenvalue weighted by Crippen LogP contribution is -2.44. The summed E-state index contributed by atoms with van der Waals surface area (Å²) < 4.78 is 13.0. The molecule has 3 heterocycles. The van der Waals surface area contributed by atoms with E-state index in [2.05, 4.69) is 10.3 Å². The van der Waals surface area contributed by atoms with Crippen LogP contribution in [-0.4, -0.2) is 66.4 Å². The van der Waals surface area contributed by atoms with Crippen molar-refractivity contribution in [3.05, 3.63) is 18.2 Å². The van der Waals surface area contributed by atoms with Gasteiger partial charge in [-0.05, 0) is 6.92 Å². The lowest BCUT2D eigenvalue weighted by Gasteiger charge is -2.31. The molecular formula is C14H22N4O3. The number of rotatable bonds is 3. The maximum Gasteiger partial charge on any atom is 0.245 e. The zero-order valence-electron chi connectivity index (χ0n) is 12.3. The predicted octanol–water partition coefficient (Wildman–Crippen LogP) is -0.0362. The van der Waals surface area contributed by atoms with Gasteiger partial charge in [-0.15, -0.1) is 0 Å². The van der Waals surface area contributed by atoms with E-state index in [0.717, 1.165) is 18.8 Å². The third-order valence-corrected chi connectivity index (χ3v) is 4.05. The Morgan fingerprint density at radius 2 is 2.24 bits per heavy atom. The zero-order valence-corrected chi connectivity index (χ0v) is 12.3. The van der Waals surface area contributed by atoms with Gasteiger partial charge in [0.15, 0.2) is 0 Å². The molecule has 2 unspecified atom stereocenters. The van der Waals surface area contributed by atoms with Crippen LogP contribution in [0.15, 0.2) is 12.5 Å². The Labute approximate surface area is 124 Å². The maximum atomic E-state index is 12.6. The molecule has 3 rings (SSSR count). The summed E-state index contributed by atoms with van der Waals surface area (Å²) >= 11 is 0. The molecule has 0 bridgehead atoms. The number of carbonyl (C=O) groups is 1. The highest BCUT2D eigenvalue weighted by Crippen LogP contribution is 2.23. The largest absolute Gasteiger partial charge is 0.378 e. The second kappa shape index (κ2) is 6.55. The number of hydrogen-bond acceptors (Lipinski definition) is 5. The number of hydrogen-bond donors (Lipinski definition) is 1. The van der Waals surface area contributed by atoms with Gasteiger partial charge in [0.2, 0.25) is 5.91 Å². The van der Waals surface area contributed by atoms with Gasteiger partial charge < -0.3 is 24.3 Å². The van der Waals surface area contributed by atoms with Crippen molar-refractivity contribution in [1.29, 1.82) is 0 Å². The van der Waals surface area contributed by atoms with Gasteiger partial charge in [-0.25, -0.2) is 4.98 Å². The number of aromatic nitrogens is 2. The zero-order chi connectivity index (χ0) is 14.7. The molecule has 1 amide bonds. The smallest absolute Gasteiger partial charge is 0.245 e. The van der Waals surface area contributed by atoms with Crippen molar-refractivity contribution in [2.45, 2.75) is 19.1 Å². The molecule has 7 heteroatoms. The molecular weight excluding hydrogens is 272 g/mol. The molecule has 2 atom stereocenters. The molecule has 0 aromatic carbocycles. The molecule has 1 aromatic heterocycles. The first-order valence-corrected chi connectivity index (χ1v) is 7.48. The van der Waals surface area contributed by atoms with E-state index >= 15 is 0 Å². The van der Waals surface area contributed by atoms with E-state index < -0.39 is 0 Å². The van der Waals surface area contributed by atoms with Crippen LogP contribution in [0, 0.1) is 0 Å². The van der Waals surface area contributed by atoms with Crippen LogP contribution in [0.2, 0.25) is 0 Å². The highest BCUT2D eigenvalue weighted by atomic mass is 16.5. The van der Waals surface area contributed by atoms with E-state index in [1.54, 1.807) is 12.5 Å². The highest BCUT2D eigenvalue weighted by molar-refractivity contribution is 5.80. The molecule has 2 aliphatic rings. The van der Waals surface area contributed by atoms with Crippen LogP contribution in [0.1, 0.15) is 24.8 Å². The van der Waals surface area contributed by atoms with E-state index in [1.807, 2.05) is 16.4 Å². The normalized spacial score (nSPS) is 24.8. The predicted molar refractivity (Wildman–Crippen MR) is 75.9 cm³/mol. The summed E-state index contributed by atoms with van der Waals surface area (Å²) in [7, 11) is 0.